The van der Waals surface area contributed by atoms with Gasteiger partial charge >= 0.3 is 6.03 Å². The summed E-state index contributed by atoms with van der Waals surface area (Å²) in [6.45, 7) is 2.04. The molecule has 0 saturated heterocycles. The topological polar surface area (TPSA) is 52.6 Å². The molecule has 0 fully saturated rings. The van der Waals surface area contributed by atoms with Gasteiger partial charge in [0, 0.05) is 25.3 Å². The first-order valence-electron chi connectivity index (χ1n) is 9.94. The van der Waals surface area contributed by atoms with E-state index < -0.39 is 12.1 Å². The van der Waals surface area contributed by atoms with Crippen molar-refractivity contribution in [2.24, 2.45) is 0 Å². The van der Waals surface area contributed by atoms with E-state index in [1.54, 1.807) is 29.2 Å². The molecular weight excluding hydrogens is 544 g/mol. The predicted molar refractivity (Wildman–Crippen MR) is 135 cm³/mol. The van der Waals surface area contributed by atoms with Crippen molar-refractivity contribution >= 4 is 60.9 Å². The maximum atomic E-state index is 13.5. The van der Waals surface area contributed by atoms with Crippen molar-refractivity contribution in [2.75, 3.05) is 10.2 Å². The Morgan fingerprint density at radius 3 is 2.32 bits per heavy atom. The minimum Gasteiger partial charge on any atom is -0.386 e. The van der Waals surface area contributed by atoms with Crippen LogP contribution in [0.15, 0.2) is 81.7 Å². The molecule has 3 aromatic carbocycles. The van der Waals surface area contributed by atoms with Crippen LogP contribution >= 0.6 is 43.5 Å². The van der Waals surface area contributed by atoms with Crippen molar-refractivity contribution in [1.82, 2.24) is 0 Å². The van der Waals surface area contributed by atoms with Gasteiger partial charge in [0.15, 0.2) is 0 Å². The summed E-state index contributed by atoms with van der Waals surface area (Å²) in [7, 11) is 0. The summed E-state index contributed by atoms with van der Waals surface area (Å²) in [5.41, 5.74) is 2.07. The average molecular weight is 567 g/mol. The summed E-state index contributed by atoms with van der Waals surface area (Å²) in [6.07, 6.45) is 0.562. The van der Waals surface area contributed by atoms with Crippen LogP contribution in [0.5, 0.6) is 0 Å². The molecule has 2 N–H and O–H groups in total. The summed E-state index contributed by atoms with van der Waals surface area (Å²) in [5, 5.41) is 14.8. The van der Waals surface area contributed by atoms with E-state index in [1.807, 2.05) is 55.5 Å². The number of nitrogens with one attached hydrogen (secondary N) is 1. The minimum atomic E-state index is -0.864. The standard InChI is InChI=1S/C24H23Br2ClN2O2/c1-2-4-22(23(30)16-5-3-6-18(26)15-16)29(21-13-7-17(25)8-14-21)24(31)28-20-11-9-19(27)10-12-20/h3,5-15,22-23,30H,2,4H2,1H3,(H,28,31). The SMILES string of the molecule is CCCC(C(O)c1cccc(Br)c1)N(C(=O)Nc1ccc(Cl)cc1)c1ccc(Br)cc1. The Bertz CT molecular complexity index is 1010. The molecule has 3 aromatic rings. The molecule has 2 atom stereocenters. The molecule has 0 aliphatic carbocycles. The maximum absolute atomic E-state index is 13.5. The van der Waals surface area contributed by atoms with Crippen LogP contribution in [0.2, 0.25) is 5.02 Å². The highest BCUT2D eigenvalue weighted by atomic mass is 79.9. The number of amides is 2. The highest BCUT2D eigenvalue weighted by molar-refractivity contribution is 9.10. The molecule has 0 radical (unpaired) electrons. The van der Waals surface area contributed by atoms with Crippen molar-refractivity contribution < 1.29 is 9.90 Å². The summed E-state index contributed by atoms with van der Waals surface area (Å²) in [5.74, 6) is 0. The Morgan fingerprint density at radius 1 is 1.03 bits per heavy atom. The molecule has 4 nitrogen and oxygen atoms in total. The number of hydrogen-bond acceptors (Lipinski definition) is 2. The second-order valence-electron chi connectivity index (χ2n) is 7.14. The zero-order chi connectivity index (χ0) is 22.4. The third-order valence-corrected chi connectivity index (χ3v) is 6.16. The average Bonchev–Trinajstić information content (AvgIpc) is 2.76. The van der Waals surface area contributed by atoms with E-state index >= 15 is 0 Å². The number of aliphatic hydroxyl groups excluding tert-OH is 1. The van der Waals surface area contributed by atoms with Crippen molar-refractivity contribution in [3.05, 3.63) is 92.3 Å². The van der Waals surface area contributed by atoms with Gasteiger partial charge in [0.05, 0.1) is 12.1 Å². The first kappa shape index (κ1) is 23.8. The lowest BCUT2D eigenvalue weighted by Crippen LogP contribution is -2.46. The predicted octanol–water partition coefficient (Wildman–Crippen LogP) is 7.81. The number of hydrogen-bond donors (Lipinski definition) is 2. The largest absolute Gasteiger partial charge is 0.386 e. The van der Waals surface area contributed by atoms with Crippen LogP contribution in [0.25, 0.3) is 0 Å². The zero-order valence-corrected chi connectivity index (χ0v) is 20.9. The third-order valence-electron chi connectivity index (χ3n) is 4.89. The summed E-state index contributed by atoms with van der Waals surface area (Å²) in [6, 6.07) is 21.2. The Morgan fingerprint density at radius 2 is 1.71 bits per heavy atom. The Kier molecular flexibility index (Phi) is 8.55. The van der Waals surface area contributed by atoms with Gasteiger partial charge in [-0.1, -0.05) is 68.9 Å². The zero-order valence-electron chi connectivity index (χ0n) is 16.9. The van der Waals surface area contributed by atoms with Crippen LogP contribution in [0.1, 0.15) is 31.4 Å². The van der Waals surface area contributed by atoms with E-state index in [9.17, 15) is 9.90 Å². The van der Waals surface area contributed by atoms with Crippen molar-refractivity contribution in [3.63, 3.8) is 0 Å². The molecule has 0 aromatic heterocycles. The fourth-order valence-corrected chi connectivity index (χ4v) is 4.22. The van der Waals surface area contributed by atoms with Gasteiger partial charge in [-0.15, -0.1) is 0 Å². The molecule has 0 saturated carbocycles. The molecule has 31 heavy (non-hydrogen) atoms. The first-order valence-corrected chi connectivity index (χ1v) is 11.9. The van der Waals surface area contributed by atoms with E-state index in [0.29, 0.717) is 22.8 Å². The lowest BCUT2D eigenvalue weighted by atomic mass is 9.96. The molecule has 7 heteroatoms. The number of rotatable bonds is 7. The van der Waals surface area contributed by atoms with E-state index in [2.05, 4.69) is 37.2 Å². The number of carbonyl (C=O) groups excluding carboxylic acids is 1. The number of halogens is 3. The number of urea groups is 1. The van der Waals surface area contributed by atoms with Gasteiger partial charge in [-0.25, -0.2) is 4.79 Å². The molecule has 0 bridgehead atoms. The van der Waals surface area contributed by atoms with Crippen LogP contribution in [0, 0.1) is 0 Å². The van der Waals surface area contributed by atoms with E-state index in [4.69, 9.17) is 11.6 Å². The number of aliphatic hydroxyl groups is 1. The van der Waals surface area contributed by atoms with Gasteiger partial charge < -0.3 is 10.4 Å². The maximum Gasteiger partial charge on any atom is 0.326 e. The summed E-state index contributed by atoms with van der Waals surface area (Å²) < 4.78 is 1.79. The number of benzene rings is 3. The van der Waals surface area contributed by atoms with Gasteiger partial charge in [-0.05, 0) is 72.6 Å². The number of nitrogens with zero attached hydrogens (tertiary/aromatic N) is 1. The molecule has 3 rings (SSSR count). The smallest absolute Gasteiger partial charge is 0.326 e. The Balaban J connectivity index is 2.00. The van der Waals surface area contributed by atoms with Crippen LogP contribution in [-0.2, 0) is 0 Å². The van der Waals surface area contributed by atoms with Gasteiger partial charge in [0.25, 0.3) is 0 Å². The molecular formula is C24H23Br2ClN2O2. The summed E-state index contributed by atoms with van der Waals surface area (Å²) >= 11 is 12.9. The van der Waals surface area contributed by atoms with Gasteiger partial charge in [-0.3, -0.25) is 4.90 Å². The van der Waals surface area contributed by atoms with Crippen LogP contribution in [0.3, 0.4) is 0 Å². The van der Waals surface area contributed by atoms with Crippen LogP contribution in [0.4, 0.5) is 16.2 Å². The Hall–Kier alpha value is -1.86. The number of anilines is 2. The second-order valence-corrected chi connectivity index (χ2v) is 9.41. The monoisotopic (exact) mass is 564 g/mol. The normalized spacial score (nSPS) is 12.8. The third kappa shape index (κ3) is 6.32. The van der Waals surface area contributed by atoms with Gasteiger partial charge in [0.2, 0.25) is 0 Å². The van der Waals surface area contributed by atoms with E-state index in [1.165, 1.54) is 0 Å². The lowest BCUT2D eigenvalue weighted by molar-refractivity contribution is 0.138. The lowest BCUT2D eigenvalue weighted by Gasteiger charge is -2.35. The van der Waals surface area contributed by atoms with E-state index in [-0.39, 0.29) is 6.03 Å². The first-order chi connectivity index (χ1) is 14.9. The van der Waals surface area contributed by atoms with Crippen LogP contribution in [-0.4, -0.2) is 17.2 Å². The summed E-state index contributed by atoms with van der Waals surface area (Å²) in [4.78, 5) is 15.1. The van der Waals surface area contributed by atoms with Gasteiger partial charge in [0.1, 0.15) is 0 Å². The molecule has 2 unspecified atom stereocenters. The number of carbonyl (C=O) groups is 1. The molecule has 0 aliphatic rings. The molecule has 2 amide bonds. The van der Waals surface area contributed by atoms with Crippen LogP contribution < -0.4 is 10.2 Å². The quantitative estimate of drug-likeness (QED) is 0.307. The minimum absolute atomic E-state index is 0.322. The molecule has 0 aliphatic heterocycles. The van der Waals surface area contributed by atoms with Gasteiger partial charge in [-0.2, -0.15) is 0 Å². The van der Waals surface area contributed by atoms with Crippen molar-refractivity contribution in [3.8, 4) is 0 Å². The molecule has 0 heterocycles. The van der Waals surface area contributed by atoms with Crippen molar-refractivity contribution in [2.45, 2.75) is 31.9 Å². The highest BCUT2D eigenvalue weighted by Gasteiger charge is 2.32. The molecule has 0 spiro atoms. The molecule has 162 valence electrons. The Labute approximate surface area is 204 Å². The van der Waals surface area contributed by atoms with E-state index in [0.717, 1.165) is 20.9 Å². The fraction of sp³-hybridized carbons (Fsp3) is 0.208. The fourth-order valence-electron chi connectivity index (χ4n) is 3.41. The highest BCUT2D eigenvalue weighted by Crippen LogP contribution is 2.31. The van der Waals surface area contributed by atoms with Crippen molar-refractivity contribution in [1.29, 1.82) is 0 Å². The second kappa shape index (κ2) is 11.1.